The number of amides is 1. The van der Waals surface area contributed by atoms with Crippen molar-refractivity contribution >= 4 is 15.9 Å². The van der Waals surface area contributed by atoms with Crippen molar-refractivity contribution in [3.8, 4) is 0 Å². The van der Waals surface area contributed by atoms with E-state index in [2.05, 4.69) is 34.6 Å². The number of likely N-dealkylation sites (N-methyl/N-ethyl adjacent to an activating group) is 1. The monoisotopic (exact) mass is 678 g/mol. The fraction of sp³-hybridized carbons (Fsp3) is 0.973. The molecule has 0 radical (unpaired) electrons. The molecule has 2 saturated heterocycles. The first-order valence-corrected chi connectivity index (χ1v) is 20.5. The Hall–Kier alpha value is -0.780. The Bertz CT molecular complexity index is 1370. The normalized spacial score (nSPS) is 50.3. The van der Waals surface area contributed by atoms with Crippen LogP contribution >= 0.6 is 0 Å². The number of hydrogen-bond donors (Lipinski definition) is 1. The molecule has 1 amide bonds. The highest BCUT2D eigenvalue weighted by Gasteiger charge is 2.84. The maximum Gasteiger partial charge on any atom is 0.225 e. The number of sulfonamides is 1. The number of fused-ring (bicyclic) bond motifs is 4. The summed E-state index contributed by atoms with van der Waals surface area (Å²) < 4.78 is 45.5. The van der Waals surface area contributed by atoms with E-state index in [4.69, 9.17) is 14.2 Å². The zero-order valence-corrected chi connectivity index (χ0v) is 31.3. The second-order valence-electron chi connectivity index (χ2n) is 18.5. The lowest BCUT2D eigenvalue weighted by Gasteiger charge is -2.64. The summed E-state index contributed by atoms with van der Waals surface area (Å²) in [7, 11) is -1.67. The van der Waals surface area contributed by atoms with Gasteiger partial charge in [0.2, 0.25) is 15.9 Å². The lowest BCUT2D eigenvalue weighted by molar-refractivity contribution is -0.248. The fourth-order valence-electron chi connectivity index (χ4n) is 13.6. The number of rotatable bonds is 6. The minimum atomic E-state index is -3.30. The van der Waals surface area contributed by atoms with Crippen LogP contribution in [0.15, 0.2) is 0 Å². The second kappa shape index (κ2) is 11.1. The highest BCUT2D eigenvalue weighted by atomic mass is 32.2. The van der Waals surface area contributed by atoms with Crippen LogP contribution in [0.2, 0.25) is 0 Å². The van der Waals surface area contributed by atoms with Crippen LogP contribution in [0.1, 0.15) is 99.8 Å². The van der Waals surface area contributed by atoms with Gasteiger partial charge in [0.1, 0.15) is 0 Å². The van der Waals surface area contributed by atoms with Gasteiger partial charge in [-0.3, -0.25) is 4.79 Å². The smallest absolute Gasteiger partial charge is 0.225 e. The van der Waals surface area contributed by atoms with Crippen molar-refractivity contribution in [2.24, 2.45) is 56.7 Å². The summed E-state index contributed by atoms with van der Waals surface area (Å²) >= 11 is 0. The first-order chi connectivity index (χ1) is 21.8. The van der Waals surface area contributed by atoms with Gasteiger partial charge in [-0.05, 0) is 96.7 Å². The van der Waals surface area contributed by atoms with Crippen LogP contribution < -0.4 is 0 Å². The maximum absolute atomic E-state index is 12.7. The number of morpholine rings is 1. The van der Waals surface area contributed by atoms with E-state index >= 15 is 0 Å². The van der Waals surface area contributed by atoms with Crippen LogP contribution in [0.25, 0.3) is 0 Å². The Balaban J connectivity index is 1.10. The number of aliphatic hydroxyl groups excluding tert-OH is 1. The first-order valence-electron chi connectivity index (χ1n) is 18.6. The molecule has 13 atom stereocenters. The molecule has 5 saturated carbocycles. The molecule has 0 aromatic carbocycles. The Labute approximate surface area is 283 Å². The van der Waals surface area contributed by atoms with Gasteiger partial charge in [-0.25, -0.2) is 12.7 Å². The number of ether oxygens (including phenoxy) is 3. The molecule has 0 bridgehead atoms. The molecule has 7 aliphatic rings. The summed E-state index contributed by atoms with van der Waals surface area (Å²) in [5, 5.41) is 12.4. The third kappa shape index (κ3) is 4.76. The second-order valence-corrected chi connectivity index (χ2v) is 20.6. The number of aliphatic hydroxyl groups is 1. The molecule has 0 aromatic heterocycles. The number of carbonyl (C=O) groups excluding carboxylic acids is 1. The summed E-state index contributed by atoms with van der Waals surface area (Å²) in [6.07, 6.45) is 8.80. The minimum Gasteiger partial charge on any atom is -0.390 e. The molecule has 47 heavy (non-hydrogen) atoms. The van der Waals surface area contributed by atoms with Gasteiger partial charge >= 0.3 is 0 Å². The number of hydrogen-bond acceptors (Lipinski definition) is 7. The van der Waals surface area contributed by atoms with Gasteiger partial charge in [0.15, 0.2) is 6.29 Å². The highest BCUT2D eigenvalue weighted by Crippen LogP contribution is 2.89. The average Bonchev–Trinajstić information content (AvgIpc) is 3.62. The standard InChI is InChI=1S/C37H62N2O7S/c1-22(2)32(41)39-16-17-44-28(20-39)46-27-12-13-36-21-37(36)15-14-34(6)29-23(3)18-24(19-38(8)47(9,42)43)45-30(29)31(40)35(34,7)26(37)11-10-25(36)33(27,4)5/h22-31,40H,10-21H2,1-9H3/t23-,24?,25+,26?,27?,28+,29?,30?,31+,34?,35-,36?,37?/m1/s1. The quantitative estimate of drug-likeness (QED) is 0.426. The van der Waals surface area contributed by atoms with Gasteiger partial charge in [-0.15, -0.1) is 0 Å². The topological polar surface area (TPSA) is 106 Å². The van der Waals surface area contributed by atoms with E-state index in [0.717, 1.165) is 38.5 Å². The SMILES string of the molecule is CC(C)C(=O)N1CCO[C@@H](OC2CCC34CC35CCC3(C)C6C(OC(CN(C)S(C)(=O)=O)C[C@H]6C)[C@H](O)[C@@]3(C)C5CC[C@H]4C2(C)C)C1. The fourth-order valence-corrected chi connectivity index (χ4v) is 14.1. The van der Waals surface area contributed by atoms with Crippen LogP contribution in [0.3, 0.4) is 0 Å². The lowest BCUT2D eigenvalue weighted by atomic mass is 9.41. The highest BCUT2D eigenvalue weighted by molar-refractivity contribution is 7.88. The molecule has 268 valence electrons. The molecule has 10 heteroatoms. The summed E-state index contributed by atoms with van der Waals surface area (Å²) in [6, 6.07) is 0. The van der Waals surface area contributed by atoms with E-state index < -0.39 is 16.1 Å². The van der Waals surface area contributed by atoms with Crippen molar-refractivity contribution in [3.63, 3.8) is 0 Å². The van der Waals surface area contributed by atoms with Gasteiger partial charge in [-0.2, -0.15) is 0 Å². The average molecular weight is 679 g/mol. The van der Waals surface area contributed by atoms with Gasteiger partial charge in [-0.1, -0.05) is 48.5 Å². The molecule has 2 spiro atoms. The molecule has 2 aliphatic heterocycles. The van der Waals surface area contributed by atoms with E-state index in [-0.39, 0.29) is 69.4 Å². The van der Waals surface area contributed by atoms with Gasteiger partial charge in [0.05, 0.1) is 43.8 Å². The van der Waals surface area contributed by atoms with Crippen molar-refractivity contribution in [3.05, 3.63) is 0 Å². The van der Waals surface area contributed by atoms with Crippen molar-refractivity contribution < 1.29 is 32.5 Å². The van der Waals surface area contributed by atoms with Gasteiger partial charge in [0, 0.05) is 31.5 Å². The predicted octanol–water partition coefficient (Wildman–Crippen LogP) is 4.92. The Morgan fingerprint density at radius 1 is 1.06 bits per heavy atom. The van der Waals surface area contributed by atoms with Crippen LogP contribution in [0.5, 0.6) is 0 Å². The molecule has 7 rings (SSSR count). The van der Waals surface area contributed by atoms with E-state index in [1.165, 1.54) is 23.4 Å². The molecule has 7 fully saturated rings. The zero-order chi connectivity index (χ0) is 34.1. The van der Waals surface area contributed by atoms with E-state index in [0.29, 0.717) is 44.0 Å². The Morgan fingerprint density at radius 2 is 1.74 bits per heavy atom. The van der Waals surface area contributed by atoms with Crippen molar-refractivity contribution in [1.29, 1.82) is 0 Å². The number of carbonyl (C=O) groups is 1. The summed E-state index contributed by atoms with van der Waals surface area (Å²) in [5.41, 5.74) is 0.255. The molecule has 1 N–H and O–H groups in total. The van der Waals surface area contributed by atoms with Crippen molar-refractivity contribution in [1.82, 2.24) is 9.21 Å². The van der Waals surface area contributed by atoms with Crippen molar-refractivity contribution in [2.75, 3.05) is 39.5 Å². The predicted molar refractivity (Wildman–Crippen MR) is 180 cm³/mol. The maximum atomic E-state index is 12.7. The van der Waals surface area contributed by atoms with Crippen LogP contribution in [0.4, 0.5) is 0 Å². The Kier molecular flexibility index (Phi) is 8.19. The number of nitrogens with zero attached hydrogens (tertiary/aromatic N) is 2. The molecule has 9 nitrogen and oxygen atoms in total. The molecular formula is C37H62N2O7S. The van der Waals surface area contributed by atoms with E-state index in [1.54, 1.807) is 7.05 Å². The molecule has 5 aliphatic carbocycles. The van der Waals surface area contributed by atoms with Gasteiger partial charge < -0.3 is 24.2 Å². The minimum absolute atomic E-state index is 0.0131. The lowest BCUT2D eigenvalue weighted by Crippen LogP contribution is -2.60. The molecular weight excluding hydrogens is 616 g/mol. The summed E-state index contributed by atoms with van der Waals surface area (Å²) in [4.78, 5) is 14.7. The third-order valence-electron chi connectivity index (χ3n) is 16.0. The van der Waals surface area contributed by atoms with E-state index in [1.807, 2.05) is 18.7 Å². The van der Waals surface area contributed by atoms with Crippen molar-refractivity contribution in [2.45, 2.75) is 131 Å². The van der Waals surface area contributed by atoms with Crippen LogP contribution in [-0.2, 0) is 29.0 Å². The summed E-state index contributed by atoms with van der Waals surface area (Å²) in [5.74, 6) is 1.77. The van der Waals surface area contributed by atoms with Gasteiger partial charge in [0.25, 0.3) is 0 Å². The van der Waals surface area contributed by atoms with Crippen LogP contribution in [0, 0.1) is 56.7 Å². The zero-order valence-electron chi connectivity index (χ0n) is 30.5. The first kappa shape index (κ1) is 34.7. The molecule has 2 heterocycles. The molecule has 0 aromatic rings. The Morgan fingerprint density at radius 3 is 2.43 bits per heavy atom. The largest absolute Gasteiger partial charge is 0.390 e. The third-order valence-corrected chi connectivity index (χ3v) is 17.3. The molecule has 8 unspecified atom stereocenters. The summed E-state index contributed by atoms with van der Waals surface area (Å²) in [6.45, 7) is 17.9. The van der Waals surface area contributed by atoms with E-state index in [9.17, 15) is 18.3 Å². The van der Waals surface area contributed by atoms with Crippen LogP contribution in [-0.4, -0.2) is 98.9 Å².